The smallest absolute Gasteiger partial charge is 0.325 e. The van der Waals surface area contributed by atoms with Crippen LogP contribution in [-0.2, 0) is 36.7 Å². The van der Waals surface area contributed by atoms with Crippen molar-refractivity contribution >= 4 is 11.9 Å². The van der Waals surface area contributed by atoms with Crippen molar-refractivity contribution in [2.24, 2.45) is 0 Å². The second-order valence-electron chi connectivity index (χ2n) is 10.9. The summed E-state index contributed by atoms with van der Waals surface area (Å²) in [6.45, 7) is 4.75. The van der Waals surface area contributed by atoms with E-state index in [9.17, 15) is 9.90 Å². The van der Waals surface area contributed by atoms with Crippen molar-refractivity contribution in [1.82, 2.24) is 10.3 Å². The normalized spacial score (nSPS) is 23.7. The van der Waals surface area contributed by atoms with Gasteiger partial charge in [-0.1, -0.05) is 60.7 Å². The highest BCUT2D eigenvalue weighted by Gasteiger charge is 2.54. The van der Waals surface area contributed by atoms with E-state index in [1.807, 2.05) is 67.3 Å². The van der Waals surface area contributed by atoms with E-state index < -0.39 is 5.79 Å². The Balaban J connectivity index is 1.35. The first-order chi connectivity index (χ1) is 19.8. The zero-order valence-electron chi connectivity index (χ0n) is 23.8. The molecular weight excluding hydrogens is 526 g/mol. The molecular formula is C31H39N3O7. The van der Waals surface area contributed by atoms with Crippen LogP contribution in [0.3, 0.4) is 0 Å². The number of fused-ring (bicyclic) bond motifs is 1. The molecule has 3 aromatic rings. The molecule has 2 aliphatic heterocycles. The lowest BCUT2D eigenvalue weighted by Gasteiger charge is -2.25. The number of hydrogen-bond acceptors (Lipinski definition) is 10. The van der Waals surface area contributed by atoms with E-state index in [1.165, 1.54) is 7.11 Å². The molecule has 2 fully saturated rings. The fourth-order valence-electron chi connectivity index (χ4n) is 5.47. The molecule has 220 valence electrons. The number of carbonyl (C=O) groups excluding carboxylic acids is 1. The summed E-state index contributed by atoms with van der Waals surface area (Å²) >= 11 is 0. The molecule has 10 nitrogen and oxygen atoms in total. The number of aliphatic hydroxyl groups is 1. The van der Waals surface area contributed by atoms with Gasteiger partial charge in [0.1, 0.15) is 18.8 Å². The lowest BCUT2D eigenvalue weighted by molar-refractivity contribution is -0.187. The monoisotopic (exact) mass is 565 g/mol. The fourth-order valence-corrected chi connectivity index (χ4v) is 5.47. The van der Waals surface area contributed by atoms with Crippen molar-refractivity contribution in [2.75, 3.05) is 31.7 Å². The Labute approximate surface area is 240 Å². The highest BCUT2D eigenvalue weighted by molar-refractivity contribution is 5.74. The van der Waals surface area contributed by atoms with Crippen LogP contribution in [0.1, 0.15) is 43.3 Å². The molecule has 41 heavy (non-hydrogen) atoms. The molecule has 5 atom stereocenters. The third-order valence-corrected chi connectivity index (χ3v) is 7.39. The minimum absolute atomic E-state index is 0.0125. The number of carbonyl (C=O) groups is 1. The van der Waals surface area contributed by atoms with Crippen LogP contribution in [0.5, 0.6) is 0 Å². The number of methoxy groups -OCH3 is 1. The quantitative estimate of drug-likeness (QED) is 0.299. The van der Waals surface area contributed by atoms with Gasteiger partial charge in [-0.3, -0.25) is 4.79 Å². The molecule has 2 N–H and O–H groups in total. The number of hydrogen-bond donors (Lipinski definition) is 2. The summed E-state index contributed by atoms with van der Waals surface area (Å²) in [6.07, 6.45) is 1.73. The SMILES string of the molecule is COC(=O)CN(Cc1ccccc1)c1cnc(C(Cc2ccccc2)NC[C@H]2O[C@@H](CCO)[C@@H]3OC(C)(C)O[C@@H]32)o1. The summed E-state index contributed by atoms with van der Waals surface area (Å²) in [6, 6.07) is 19.7. The maximum atomic E-state index is 12.2. The standard InChI is InChI=1S/C31H39N3O7/c1-31(2)40-28-24(14-15-35)38-25(29(28)41-31)17-32-23(16-21-10-6-4-7-11-21)30-33-18-26(39-30)34(20-27(36)37-3)19-22-12-8-5-9-13-22/h4-13,18,23-25,28-29,32,35H,14-17,19-20H2,1-3H3/t23?,24-,25+,28-,29+/m0/s1. The predicted molar refractivity (Wildman–Crippen MR) is 151 cm³/mol. The number of aromatic nitrogens is 1. The third kappa shape index (κ3) is 7.33. The van der Waals surface area contributed by atoms with E-state index >= 15 is 0 Å². The Hall–Kier alpha value is -3.28. The highest BCUT2D eigenvalue weighted by Crippen LogP contribution is 2.39. The first-order valence-corrected chi connectivity index (χ1v) is 14.1. The Morgan fingerprint density at radius 3 is 2.37 bits per heavy atom. The number of rotatable bonds is 13. The summed E-state index contributed by atoms with van der Waals surface area (Å²) in [5, 5.41) is 13.2. The second-order valence-corrected chi connectivity index (χ2v) is 10.9. The molecule has 3 heterocycles. The van der Waals surface area contributed by atoms with Crippen LogP contribution >= 0.6 is 0 Å². The van der Waals surface area contributed by atoms with Crippen LogP contribution in [0.25, 0.3) is 0 Å². The first kappa shape index (κ1) is 29.2. The van der Waals surface area contributed by atoms with Crippen molar-refractivity contribution in [1.29, 1.82) is 0 Å². The average molecular weight is 566 g/mol. The number of nitrogens with one attached hydrogen (secondary N) is 1. The van der Waals surface area contributed by atoms with E-state index in [4.69, 9.17) is 23.4 Å². The van der Waals surface area contributed by atoms with Crippen LogP contribution in [0, 0.1) is 0 Å². The Morgan fingerprint density at radius 1 is 1.05 bits per heavy atom. The van der Waals surface area contributed by atoms with Gasteiger partial charge in [-0.05, 0) is 37.8 Å². The molecule has 0 saturated carbocycles. The molecule has 1 aromatic heterocycles. The molecule has 2 saturated heterocycles. The van der Waals surface area contributed by atoms with Gasteiger partial charge in [-0.2, -0.15) is 0 Å². The van der Waals surface area contributed by atoms with Gasteiger partial charge < -0.3 is 38.7 Å². The van der Waals surface area contributed by atoms with Crippen LogP contribution < -0.4 is 10.2 Å². The lowest BCUT2D eigenvalue weighted by Crippen LogP contribution is -2.39. The Morgan fingerprint density at radius 2 is 1.71 bits per heavy atom. The van der Waals surface area contributed by atoms with Gasteiger partial charge >= 0.3 is 5.97 Å². The maximum absolute atomic E-state index is 12.2. The van der Waals surface area contributed by atoms with Crippen molar-refractivity contribution in [3.05, 3.63) is 83.9 Å². The predicted octanol–water partition coefficient (Wildman–Crippen LogP) is 3.40. The number of anilines is 1. The van der Waals surface area contributed by atoms with Gasteiger partial charge in [0.05, 0.1) is 31.6 Å². The third-order valence-electron chi connectivity index (χ3n) is 7.39. The first-order valence-electron chi connectivity index (χ1n) is 14.1. The van der Waals surface area contributed by atoms with E-state index in [0.29, 0.717) is 37.7 Å². The summed E-state index contributed by atoms with van der Waals surface area (Å²) < 4.78 is 29.8. The second kappa shape index (κ2) is 13.1. The van der Waals surface area contributed by atoms with Crippen molar-refractivity contribution in [3.63, 3.8) is 0 Å². The van der Waals surface area contributed by atoms with Gasteiger partial charge in [0.25, 0.3) is 0 Å². The maximum Gasteiger partial charge on any atom is 0.325 e. The van der Waals surface area contributed by atoms with Crippen LogP contribution in [0.15, 0.2) is 71.3 Å². The molecule has 1 unspecified atom stereocenters. The van der Waals surface area contributed by atoms with Gasteiger partial charge in [-0.15, -0.1) is 0 Å². The van der Waals surface area contributed by atoms with Crippen LogP contribution in [0.4, 0.5) is 5.88 Å². The van der Waals surface area contributed by atoms with E-state index in [2.05, 4.69) is 22.4 Å². The average Bonchev–Trinajstić information content (AvgIpc) is 3.66. The van der Waals surface area contributed by atoms with Crippen molar-refractivity contribution < 1.29 is 33.3 Å². The van der Waals surface area contributed by atoms with Crippen LogP contribution in [-0.4, -0.2) is 73.1 Å². The van der Waals surface area contributed by atoms with Gasteiger partial charge in [0.15, 0.2) is 5.79 Å². The number of benzene rings is 2. The summed E-state index contributed by atoms with van der Waals surface area (Å²) in [5.41, 5.74) is 2.14. The van der Waals surface area contributed by atoms with E-state index in [0.717, 1.165) is 11.1 Å². The fraction of sp³-hybridized carbons (Fsp3) is 0.484. The topological polar surface area (TPSA) is 116 Å². The number of aliphatic hydroxyl groups excluding tert-OH is 1. The molecule has 0 aliphatic carbocycles. The van der Waals surface area contributed by atoms with Gasteiger partial charge in [0, 0.05) is 19.7 Å². The Kier molecular flexibility index (Phi) is 9.36. The van der Waals surface area contributed by atoms with Crippen molar-refractivity contribution in [2.45, 2.75) is 69.5 Å². The molecule has 0 amide bonds. The lowest BCUT2D eigenvalue weighted by atomic mass is 10.0. The summed E-state index contributed by atoms with van der Waals surface area (Å²) in [5.74, 6) is -0.112. The van der Waals surface area contributed by atoms with E-state index in [-0.39, 0.29) is 49.6 Å². The zero-order valence-corrected chi connectivity index (χ0v) is 23.8. The largest absolute Gasteiger partial charge is 0.468 e. The molecule has 0 bridgehead atoms. The molecule has 2 aliphatic rings. The summed E-state index contributed by atoms with van der Waals surface area (Å²) in [4.78, 5) is 18.7. The molecule has 5 rings (SSSR count). The molecule has 10 heteroatoms. The molecule has 0 radical (unpaired) electrons. The number of esters is 1. The van der Waals surface area contributed by atoms with Gasteiger partial charge in [0.2, 0.25) is 11.8 Å². The number of ether oxygens (including phenoxy) is 4. The highest BCUT2D eigenvalue weighted by atomic mass is 16.8. The minimum Gasteiger partial charge on any atom is -0.468 e. The molecule has 2 aromatic carbocycles. The number of oxazole rings is 1. The minimum atomic E-state index is -0.714. The van der Waals surface area contributed by atoms with Gasteiger partial charge in [-0.25, -0.2) is 4.98 Å². The molecule has 0 spiro atoms. The van der Waals surface area contributed by atoms with E-state index in [1.54, 1.807) is 6.20 Å². The zero-order chi connectivity index (χ0) is 28.8. The Bertz CT molecular complexity index is 1250. The van der Waals surface area contributed by atoms with Crippen molar-refractivity contribution in [3.8, 4) is 0 Å². The van der Waals surface area contributed by atoms with Crippen LogP contribution in [0.2, 0.25) is 0 Å². The summed E-state index contributed by atoms with van der Waals surface area (Å²) in [7, 11) is 1.37. The number of nitrogens with zero attached hydrogens (tertiary/aromatic N) is 2.